The fourth-order valence-corrected chi connectivity index (χ4v) is 6.84. The maximum Gasteiger partial charge on any atom is 0.342 e. The maximum absolute atomic E-state index is 13.0. The molecule has 0 unspecified atom stereocenters. The highest BCUT2D eigenvalue weighted by molar-refractivity contribution is 7.09. The second-order valence-electron chi connectivity index (χ2n) is 12.6. The average molecular weight is 652 g/mol. The maximum atomic E-state index is 13.0. The summed E-state index contributed by atoms with van der Waals surface area (Å²) >= 11 is 1.49. The molecule has 2 aliphatic rings. The van der Waals surface area contributed by atoms with E-state index in [1.807, 2.05) is 31.4 Å². The highest BCUT2D eigenvalue weighted by Gasteiger charge is 2.48. The zero-order valence-electron chi connectivity index (χ0n) is 26.4. The van der Waals surface area contributed by atoms with E-state index in [-0.39, 0.29) is 36.3 Å². The molecule has 3 heterocycles. The van der Waals surface area contributed by atoms with Gasteiger partial charge in [-0.25, -0.2) is 4.79 Å². The van der Waals surface area contributed by atoms with Crippen LogP contribution in [0, 0.1) is 18.3 Å². The molecule has 1 saturated heterocycles. The fourth-order valence-electron chi connectivity index (χ4n) is 6.09. The number of methoxy groups -OCH3 is 2. The van der Waals surface area contributed by atoms with Crippen molar-refractivity contribution in [2.24, 2.45) is 11.3 Å². The molecule has 45 heavy (non-hydrogen) atoms. The Kier molecular flexibility index (Phi) is 11.2. The number of ether oxygens (including phenoxy) is 4. The normalized spacial score (nSPS) is 26.2. The van der Waals surface area contributed by atoms with E-state index >= 15 is 0 Å². The molecule has 2 aliphatic heterocycles. The van der Waals surface area contributed by atoms with E-state index in [1.54, 1.807) is 13.8 Å². The Morgan fingerprint density at radius 2 is 1.89 bits per heavy atom. The number of rotatable bonds is 12. The van der Waals surface area contributed by atoms with Crippen molar-refractivity contribution in [3.8, 4) is 11.5 Å². The molecule has 1 amide bonds. The molecule has 12 nitrogen and oxygen atoms in total. The van der Waals surface area contributed by atoms with E-state index in [2.05, 4.69) is 5.32 Å². The second kappa shape index (κ2) is 14.3. The number of aliphatic hydroxyl groups excluding tert-OH is 3. The van der Waals surface area contributed by atoms with Crippen LogP contribution in [0.4, 0.5) is 0 Å². The molecule has 1 fully saturated rings. The van der Waals surface area contributed by atoms with Crippen LogP contribution >= 0.6 is 11.3 Å². The number of fused-ring (bicyclic) bond motifs is 1. The number of aromatic hydroxyl groups is 2. The molecule has 4 rings (SSSR count). The number of hydrogen-bond acceptors (Lipinski definition) is 12. The Morgan fingerprint density at radius 3 is 2.51 bits per heavy atom. The lowest BCUT2D eigenvalue weighted by molar-refractivity contribution is -0.217. The highest BCUT2D eigenvalue weighted by Crippen LogP contribution is 2.42. The summed E-state index contributed by atoms with van der Waals surface area (Å²) in [6.07, 6.45) is -6.78. The molecule has 0 bridgehead atoms. The Hall–Kier alpha value is -2.78. The molecule has 1 aromatic carbocycles. The summed E-state index contributed by atoms with van der Waals surface area (Å²) in [5.41, 5.74) is 0.122. The van der Waals surface area contributed by atoms with Gasteiger partial charge in [0.15, 0.2) is 12.3 Å². The van der Waals surface area contributed by atoms with Gasteiger partial charge in [0.1, 0.15) is 29.3 Å². The zero-order chi connectivity index (χ0) is 33.2. The van der Waals surface area contributed by atoms with Crippen LogP contribution in [-0.4, -0.2) is 101 Å². The van der Waals surface area contributed by atoms with Crippen LogP contribution in [0.25, 0.3) is 0 Å². The summed E-state index contributed by atoms with van der Waals surface area (Å²) in [6.45, 7) is 7.02. The van der Waals surface area contributed by atoms with Gasteiger partial charge < -0.3 is 49.8 Å². The van der Waals surface area contributed by atoms with Crippen LogP contribution < -0.4 is 5.32 Å². The van der Waals surface area contributed by atoms with Crippen LogP contribution in [0.5, 0.6) is 11.5 Å². The first kappa shape index (κ1) is 35.1. The van der Waals surface area contributed by atoms with Crippen molar-refractivity contribution in [2.45, 2.75) is 102 Å². The van der Waals surface area contributed by atoms with Crippen LogP contribution in [0.15, 0.2) is 23.6 Å². The molecular weight excluding hydrogens is 606 g/mol. The number of aliphatic hydroxyl groups is 3. The lowest BCUT2D eigenvalue weighted by atomic mass is 9.73. The third-order valence-electron chi connectivity index (χ3n) is 9.45. The minimum atomic E-state index is -1.49. The summed E-state index contributed by atoms with van der Waals surface area (Å²) < 4.78 is 22.9. The number of thiophene rings is 1. The smallest absolute Gasteiger partial charge is 0.342 e. The molecule has 0 aliphatic carbocycles. The van der Waals surface area contributed by atoms with Crippen LogP contribution in [-0.2, 0) is 36.6 Å². The third-order valence-corrected chi connectivity index (χ3v) is 10.3. The number of cyclic esters (lactones) is 1. The van der Waals surface area contributed by atoms with Crippen molar-refractivity contribution in [2.75, 3.05) is 14.2 Å². The minimum absolute atomic E-state index is 0.00654. The first-order valence-corrected chi connectivity index (χ1v) is 15.9. The van der Waals surface area contributed by atoms with Gasteiger partial charge in [0.25, 0.3) is 5.91 Å². The lowest BCUT2D eigenvalue weighted by Gasteiger charge is -2.48. The predicted molar refractivity (Wildman–Crippen MR) is 164 cm³/mol. The zero-order valence-corrected chi connectivity index (χ0v) is 27.2. The number of amides is 1. The molecule has 0 saturated carbocycles. The van der Waals surface area contributed by atoms with Crippen molar-refractivity contribution in [3.05, 3.63) is 45.1 Å². The van der Waals surface area contributed by atoms with Crippen molar-refractivity contribution >= 4 is 23.2 Å². The fraction of sp³-hybridized carbons (Fsp3) is 0.625. The molecule has 13 heteroatoms. The Morgan fingerprint density at radius 1 is 1.18 bits per heavy atom. The summed E-state index contributed by atoms with van der Waals surface area (Å²) in [6, 6.07) is 4.87. The van der Waals surface area contributed by atoms with Crippen LogP contribution in [0.1, 0.15) is 60.0 Å². The largest absolute Gasteiger partial charge is 0.508 e. The molecule has 0 spiro atoms. The average Bonchev–Trinajstić information content (AvgIpc) is 3.51. The van der Waals surface area contributed by atoms with Crippen LogP contribution in [0.2, 0.25) is 0 Å². The standard InChI is InChI=1S/C32H45NO11S/c1-15-18-11-22(44-31(40)27(18)21(36)12-19(15)34)16(2)20(35)13-26-32(3,4)25(37)14-24(43-26)30(42-6)33-29(39)28(38)23(41-5)10-17-8-7-9-45-17/h7-9,12,16,20,22-26,28,30,34-38H,10-11,13-14H2,1-6H3,(H,33,39)/t16-,20+,22-,23+,24+,25-,26-,28+,30+/m1/s1. The number of benzene rings is 1. The number of carbonyl (C=O) groups is 2. The summed E-state index contributed by atoms with van der Waals surface area (Å²) in [5, 5.41) is 58.2. The van der Waals surface area contributed by atoms with Gasteiger partial charge in [0.2, 0.25) is 0 Å². The second-order valence-corrected chi connectivity index (χ2v) is 13.6. The van der Waals surface area contributed by atoms with E-state index in [9.17, 15) is 35.1 Å². The summed E-state index contributed by atoms with van der Waals surface area (Å²) in [5.74, 6) is -2.54. The Balaban J connectivity index is 1.44. The highest BCUT2D eigenvalue weighted by atomic mass is 32.1. The van der Waals surface area contributed by atoms with Gasteiger partial charge >= 0.3 is 5.97 Å². The van der Waals surface area contributed by atoms with E-state index in [1.165, 1.54) is 25.6 Å². The van der Waals surface area contributed by atoms with Gasteiger partial charge in [0, 0.05) is 62.2 Å². The van der Waals surface area contributed by atoms with Crippen LogP contribution in [0.3, 0.4) is 0 Å². The molecule has 9 atom stereocenters. The monoisotopic (exact) mass is 651 g/mol. The van der Waals surface area contributed by atoms with Crippen molar-refractivity contribution in [3.63, 3.8) is 0 Å². The molecule has 2 aromatic rings. The van der Waals surface area contributed by atoms with Crippen molar-refractivity contribution < 1.29 is 54.1 Å². The third kappa shape index (κ3) is 7.46. The Labute approximate surface area is 266 Å². The topological polar surface area (TPSA) is 184 Å². The van der Waals surface area contributed by atoms with E-state index < -0.39 is 72.2 Å². The molecule has 6 N–H and O–H groups in total. The molecule has 250 valence electrons. The number of nitrogens with one attached hydrogen (secondary N) is 1. The van der Waals surface area contributed by atoms with Gasteiger partial charge in [-0.2, -0.15) is 0 Å². The van der Waals surface area contributed by atoms with E-state index in [4.69, 9.17) is 18.9 Å². The number of carbonyl (C=O) groups excluding carboxylic acids is 2. The minimum Gasteiger partial charge on any atom is -0.508 e. The molecular formula is C32H45NO11S. The van der Waals surface area contributed by atoms with E-state index in [0.29, 0.717) is 17.5 Å². The number of hydrogen-bond donors (Lipinski definition) is 6. The predicted octanol–water partition coefficient (Wildman–Crippen LogP) is 2.19. The number of phenols is 2. The van der Waals surface area contributed by atoms with Gasteiger partial charge in [-0.05, 0) is 29.5 Å². The Bertz CT molecular complexity index is 1330. The van der Waals surface area contributed by atoms with Crippen molar-refractivity contribution in [1.82, 2.24) is 5.32 Å². The first-order valence-electron chi connectivity index (χ1n) is 15.0. The number of phenolic OH excluding ortho intramolecular Hbond substituents is 2. The first-order chi connectivity index (χ1) is 21.2. The quantitative estimate of drug-likeness (QED) is 0.146. The number of esters is 1. The van der Waals surface area contributed by atoms with Gasteiger partial charge in [-0.3, -0.25) is 4.79 Å². The van der Waals surface area contributed by atoms with Crippen molar-refractivity contribution in [1.29, 1.82) is 0 Å². The SMILES string of the molecule is CO[C@@H](Cc1cccs1)[C@H](O)C(=O)N[C@@H](OC)[C@@H]1C[C@@H](O)C(C)(C)[C@@H](C[C@H](O)[C@@H](C)[C@H]2Cc3c(C)c(O)cc(O)c3C(=O)O2)O1. The molecule has 1 aromatic heterocycles. The van der Waals surface area contributed by atoms with Gasteiger partial charge in [-0.15, -0.1) is 11.3 Å². The van der Waals surface area contributed by atoms with Gasteiger partial charge in [0.05, 0.1) is 24.4 Å². The van der Waals surface area contributed by atoms with Gasteiger partial charge in [-0.1, -0.05) is 26.8 Å². The van der Waals surface area contributed by atoms with E-state index in [0.717, 1.165) is 10.9 Å². The summed E-state index contributed by atoms with van der Waals surface area (Å²) in [4.78, 5) is 26.8. The molecule has 0 radical (unpaired) electrons. The summed E-state index contributed by atoms with van der Waals surface area (Å²) in [7, 11) is 2.80. The lowest BCUT2D eigenvalue weighted by Crippen LogP contribution is -2.59.